The van der Waals surface area contributed by atoms with Crippen LogP contribution in [-0.2, 0) is 4.74 Å². The van der Waals surface area contributed by atoms with E-state index in [1.165, 1.54) is 6.07 Å². The molecule has 3 aromatic carbocycles. The van der Waals surface area contributed by atoms with Crippen LogP contribution in [0.15, 0.2) is 72.8 Å². The molecule has 2 amide bonds. The molecule has 1 aliphatic rings. The molecule has 35 heavy (non-hydrogen) atoms. The highest BCUT2D eigenvalue weighted by atomic mass is 16.6. The SMILES string of the molecule is CC[C@@H](OC(=O)N[C@@H](C)c1ccc(OC2CC2)cc1)c1ccc(C(=O)Nc2ccccc2O)cc1. The average Bonchev–Trinajstić information content (AvgIpc) is 3.68. The smallest absolute Gasteiger partial charge is 0.408 e. The van der Waals surface area contributed by atoms with Crippen LogP contribution in [0.25, 0.3) is 0 Å². The lowest BCUT2D eigenvalue weighted by atomic mass is 10.0. The van der Waals surface area contributed by atoms with Crippen molar-refractivity contribution in [2.24, 2.45) is 0 Å². The van der Waals surface area contributed by atoms with Crippen molar-refractivity contribution in [1.82, 2.24) is 5.32 Å². The number of aromatic hydroxyl groups is 1. The molecule has 7 nitrogen and oxygen atoms in total. The number of hydrogen-bond donors (Lipinski definition) is 3. The molecule has 3 N–H and O–H groups in total. The van der Waals surface area contributed by atoms with Gasteiger partial charge in [0.25, 0.3) is 5.91 Å². The first-order chi connectivity index (χ1) is 16.9. The van der Waals surface area contributed by atoms with Crippen LogP contribution in [0.5, 0.6) is 11.5 Å². The molecular weight excluding hydrogens is 444 g/mol. The molecule has 0 bridgehead atoms. The minimum absolute atomic E-state index is 0.000285. The monoisotopic (exact) mass is 474 g/mol. The van der Waals surface area contributed by atoms with Crippen LogP contribution in [0.4, 0.5) is 10.5 Å². The van der Waals surface area contributed by atoms with Gasteiger partial charge in [0.15, 0.2) is 0 Å². The van der Waals surface area contributed by atoms with E-state index in [2.05, 4.69) is 10.6 Å². The molecule has 1 aliphatic carbocycles. The zero-order valence-corrected chi connectivity index (χ0v) is 19.9. The van der Waals surface area contributed by atoms with Crippen molar-refractivity contribution >= 4 is 17.7 Å². The van der Waals surface area contributed by atoms with Crippen molar-refractivity contribution in [1.29, 1.82) is 0 Å². The molecule has 1 fully saturated rings. The van der Waals surface area contributed by atoms with Gasteiger partial charge < -0.3 is 25.2 Å². The molecule has 3 aromatic rings. The summed E-state index contributed by atoms with van der Waals surface area (Å²) in [4.78, 5) is 25.1. The van der Waals surface area contributed by atoms with E-state index in [-0.39, 0.29) is 17.7 Å². The summed E-state index contributed by atoms with van der Waals surface area (Å²) in [5.41, 5.74) is 2.51. The number of nitrogens with one attached hydrogen (secondary N) is 2. The number of alkyl carbamates (subject to hydrolysis) is 1. The van der Waals surface area contributed by atoms with E-state index in [0.717, 1.165) is 29.7 Å². The predicted octanol–water partition coefficient (Wildman–Crippen LogP) is 6.12. The molecule has 2 atom stereocenters. The van der Waals surface area contributed by atoms with Gasteiger partial charge in [-0.25, -0.2) is 4.79 Å². The molecule has 0 aromatic heterocycles. The lowest BCUT2D eigenvalue weighted by Gasteiger charge is -2.20. The van der Waals surface area contributed by atoms with E-state index < -0.39 is 12.2 Å². The van der Waals surface area contributed by atoms with Gasteiger partial charge in [0.1, 0.15) is 17.6 Å². The van der Waals surface area contributed by atoms with Crippen LogP contribution in [-0.4, -0.2) is 23.2 Å². The Morgan fingerprint density at radius 2 is 1.63 bits per heavy atom. The summed E-state index contributed by atoms with van der Waals surface area (Å²) in [5.74, 6) is 0.501. The Balaban J connectivity index is 1.32. The molecular formula is C28H30N2O5. The number of amides is 2. The normalized spacial score (nSPS) is 14.5. The van der Waals surface area contributed by atoms with Crippen molar-refractivity contribution in [3.8, 4) is 11.5 Å². The summed E-state index contributed by atoms with van der Waals surface area (Å²) >= 11 is 0. The standard InChI is InChI=1S/C28H30N2O5/c1-3-26(20-8-10-21(11-9-20)27(32)30-24-6-4-5-7-25(24)31)35-28(33)29-18(2)19-12-14-22(15-13-19)34-23-16-17-23/h4-15,18,23,26,31H,3,16-17H2,1-2H3,(H,29,33)(H,30,32)/t18-,26+/m0/s1. The number of carbonyl (C=O) groups excluding carboxylic acids is 2. The maximum Gasteiger partial charge on any atom is 0.408 e. The van der Waals surface area contributed by atoms with Gasteiger partial charge in [0, 0.05) is 5.56 Å². The molecule has 0 heterocycles. The largest absolute Gasteiger partial charge is 0.506 e. The molecule has 0 aliphatic heterocycles. The number of phenolic OH excluding ortho intramolecular Hbond substituents is 1. The van der Waals surface area contributed by atoms with Crippen molar-refractivity contribution in [3.63, 3.8) is 0 Å². The maximum atomic E-state index is 12.6. The molecule has 0 saturated heterocycles. The summed E-state index contributed by atoms with van der Waals surface area (Å²) in [6.07, 6.45) is 2.18. The van der Waals surface area contributed by atoms with Gasteiger partial charge in [-0.15, -0.1) is 0 Å². The number of carbonyl (C=O) groups is 2. The van der Waals surface area contributed by atoms with Crippen LogP contribution in [0, 0.1) is 0 Å². The first kappa shape index (κ1) is 24.1. The quantitative estimate of drug-likeness (QED) is 0.325. The Morgan fingerprint density at radius 1 is 0.971 bits per heavy atom. The summed E-state index contributed by atoms with van der Waals surface area (Å²) in [6, 6.07) is 20.9. The second-order valence-electron chi connectivity index (χ2n) is 8.65. The summed E-state index contributed by atoms with van der Waals surface area (Å²) in [7, 11) is 0. The fraction of sp³-hybridized carbons (Fsp3) is 0.286. The molecule has 0 radical (unpaired) electrons. The van der Waals surface area contributed by atoms with E-state index in [1.54, 1.807) is 42.5 Å². The second-order valence-corrected chi connectivity index (χ2v) is 8.65. The first-order valence-electron chi connectivity index (χ1n) is 11.9. The van der Waals surface area contributed by atoms with Gasteiger partial charge in [-0.2, -0.15) is 0 Å². The second kappa shape index (κ2) is 11.0. The van der Waals surface area contributed by atoms with Crippen molar-refractivity contribution in [3.05, 3.63) is 89.5 Å². The fourth-order valence-electron chi connectivity index (χ4n) is 3.65. The molecule has 0 spiro atoms. The number of ether oxygens (including phenoxy) is 2. The Morgan fingerprint density at radius 3 is 2.26 bits per heavy atom. The Bertz CT molecular complexity index is 1160. The highest BCUT2D eigenvalue weighted by molar-refractivity contribution is 6.05. The number of anilines is 1. The van der Waals surface area contributed by atoms with Crippen molar-refractivity contribution in [2.45, 2.75) is 51.4 Å². The topological polar surface area (TPSA) is 96.9 Å². The molecule has 7 heteroatoms. The van der Waals surface area contributed by atoms with Gasteiger partial charge in [0.2, 0.25) is 0 Å². The van der Waals surface area contributed by atoms with E-state index in [4.69, 9.17) is 9.47 Å². The third-order valence-corrected chi connectivity index (χ3v) is 5.86. The van der Waals surface area contributed by atoms with E-state index in [0.29, 0.717) is 23.8 Å². The lowest BCUT2D eigenvalue weighted by molar-refractivity contribution is 0.0924. The third kappa shape index (κ3) is 6.53. The third-order valence-electron chi connectivity index (χ3n) is 5.86. The Labute approximate surface area is 205 Å². The molecule has 182 valence electrons. The number of phenols is 1. The molecule has 1 saturated carbocycles. The number of hydrogen-bond acceptors (Lipinski definition) is 5. The number of benzene rings is 3. The zero-order chi connectivity index (χ0) is 24.8. The first-order valence-corrected chi connectivity index (χ1v) is 11.9. The van der Waals surface area contributed by atoms with Gasteiger partial charge in [-0.05, 0) is 73.7 Å². The van der Waals surface area contributed by atoms with Crippen LogP contribution in [0.1, 0.15) is 66.7 Å². The summed E-state index contributed by atoms with van der Waals surface area (Å²) < 4.78 is 11.4. The number of rotatable bonds is 9. The lowest BCUT2D eigenvalue weighted by Crippen LogP contribution is -2.28. The van der Waals surface area contributed by atoms with Crippen molar-refractivity contribution in [2.75, 3.05) is 5.32 Å². The van der Waals surface area contributed by atoms with E-state index in [9.17, 15) is 14.7 Å². The zero-order valence-electron chi connectivity index (χ0n) is 19.9. The molecule has 0 unspecified atom stereocenters. The minimum Gasteiger partial charge on any atom is -0.506 e. The van der Waals surface area contributed by atoms with Crippen LogP contribution in [0.3, 0.4) is 0 Å². The van der Waals surface area contributed by atoms with Gasteiger partial charge in [-0.1, -0.05) is 43.3 Å². The summed E-state index contributed by atoms with van der Waals surface area (Å²) in [6.45, 7) is 3.83. The average molecular weight is 475 g/mol. The van der Waals surface area contributed by atoms with Crippen LogP contribution < -0.4 is 15.4 Å². The number of para-hydroxylation sites is 2. The van der Waals surface area contributed by atoms with E-state index >= 15 is 0 Å². The van der Waals surface area contributed by atoms with Gasteiger partial charge in [0.05, 0.1) is 17.8 Å². The Hall–Kier alpha value is -4.00. The Kier molecular flexibility index (Phi) is 7.55. The van der Waals surface area contributed by atoms with Crippen LogP contribution in [0.2, 0.25) is 0 Å². The fourth-order valence-corrected chi connectivity index (χ4v) is 3.65. The summed E-state index contributed by atoms with van der Waals surface area (Å²) in [5, 5.41) is 15.4. The van der Waals surface area contributed by atoms with Crippen molar-refractivity contribution < 1.29 is 24.2 Å². The highest BCUT2D eigenvalue weighted by Gasteiger charge is 2.23. The highest BCUT2D eigenvalue weighted by Crippen LogP contribution is 2.28. The van der Waals surface area contributed by atoms with Gasteiger partial charge >= 0.3 is 6.09 Å². The maximum absolute atomic E-state index is 12.6. The predicted molar refractivity (Wildman–Crippen MR) is 134 cm³/mol. The van der Waals surface area contributed by atoms with Crippen LogP contribution >= 0.6 is 0 Å². The van der Waals surface area contributed by atoms with Gasteiger partial charge in [-0.3, -0.25) is 4.79 Å². The minimum atomic E-state index is -0.510. The molecule has 4 rings (SSSR count). The van der Waals surface area contributed by atoms with E-state index in [1.807, 2.05) is 38.1 Å².